The van der Waals surface area contributed by atoms with Crippen molar-refractivity contribution in [3.05, 3.63) is 83.4 Å². The van der Waals surface area contributed by atoms with Crippen molar-refractivity contribution in [1.82, 2.24) is 0 Å². The molecule has 0 N–H and O–H groups in total. The number of benzene rings is 4. The van der Waals surface area contributed by atoms with Gasteiger partial charge in [0.15, 0.2) is 0 Å². The minimum atomic E-state index is 1.30. The highest BCUT2D eigenvalue weighted by Crippen LogP contribution is 2.37. The Balaban J connectivity index is 2.15. The maximum absolute atomic E-state index is 2.35. The summed E-state index contributed by atoms with van der Waals surface area (Å²) in [7, 11) is 0. The zero-order valence-corrected chi connectivity index (χ0v) is 13.9. The van der Waals surface area contributed by atoms with Gasteiger partial charge in [-0.05, 0) is 70.1 Å². The molecule has 0 amide bonds. The first-order valence-electron chi connectivity index (χ1n) is 8.14. The Labute approximate surface area is 137 Å². The van der Waals surface area contributed by atoms with E-state index in [2.05, 4.69) is 87.5 Å². The molecule has 0 aliphatic carbocycles. The predicted octanol–water partition coefficient (Wildman–Crippen LogP) is 6.59. The average Bonchev–Trinajstić information content (AvgIpc) is 2.58. The molecule has 4 rings (SSSR count). The van der Waals surface area contributed by atoms with E-state index >= 15 is 0 Å². The minimum absolute atomic E-state index is 1.30. The second kappa shape index (κ2) is 5.24. The minimum Gasteiger partial charge on any atom is -0.0616 e. The third-order valence-corrected chi connectivity index (χ3v) is 4.93. The highest BCUT2D eigenvalue weighted by Gasteiger charge is 2.13. The van der Waals surface area contributed by atoms with Crippen molar-refractivity contribution in [2.45, 2.75) is 20.8 Å². The Morgan fingerprint density at radius 1 is 0.565 bits per heavy atom. The van der Waals surface area contributed by atoms with Crippen LogP contribution in [0.2, 0.25) is 0 Å². The average molecular weight is 296 g/mol. The summed E-state index contributed by atoms with van der Waals surface area (Å²) in [5.74, 6) is 0. The van der Waals surface area contributed by atoms with Gasteiger partial charge in [0.05, 0.1) is 0 Å². The Kier molecular flexibility index (Phi) is 3.20. The van der Waals surface area contributed by atoms with Gasteiger partial charge in [-0.1, -0.05) is 66.7 Å². The molecule has 0 saturated heterocycles. The molecule has 0 saturated carbocycles. The van der Waals surface area contributed by atoms with Crippen LogP contribution in [0, 0.1) is 20.8 Å². The molecule has 4 aromatic rings. The molecule has 0 nitrogen and oxygen atoms in total. The summed E-state index contributed by atoms with van der Waals surface area (Å²) in [4.78, 5) is 0. The maximum atomic E-state index is 2.35. The van der Waals surface area contributed by atoms with E-state index < -0.39 is 0 Å². The summed E-state index contributed by atoms with van der Waals surface area (Å²) in [6.07, 6.45) is 0. The standard InChI is InChI=1S/C23H20/c1-15-12-13-18-8-4-5-11-21(18)23(15)22-14-16(2)19-9-6-7-10-20(19)17(22)3/h4-14H,1-3H3. The Morgan fingerprint density at radius 2 is 1.22 bits per heavy atom. The second-order valence-corrected chi connectivity index (χ2v) is 6.39. The van der Waals surface area contributed by atoms with Crippen molar-refractivity contribution in [3.63, 3.8) is 0 Å². The highest BCUT2D eigenvalue weighted by molar-refractivity contribution is 6.03. The van der Waals surface area contributed by atoms with Gasteiger partial charge in [0.25, 0.3) is 0 Å². The third-order valence-electron chi connectivity index (χ3n) is 4.93. The fourth-order valence-corrected chi connectivity index (χ4v) is 3.70. The van der Waals surface area contributed by atoms with E-state index in [1.165, 1.54) is 49.4 Å². The first-order valence-corrected chi connectivity index (χ1v) is 8.14. The monoisotopic (exact) mass is 296 g/mol. The van der Waals surface area contributed by atoms with Crippen LogP contribution in [0.15, 0.2) is 66.7 Å². The molecule has 112 valence electrons. The van der Waals surface area contributed by atoms with E-state index in [-0.39, 0.29) is 0 Å². The molecule has 0 fully saturated rings. The van der Waals surface area contributed by atoms with Crippen LogP contribution in [0.3, 0.4) is 0 Å². The summed E-state index contributed by atoms with van der Waals surface area (Å²) in [5, 5.41) is 5.35. The molecule has 0 bridgehead atoms. The lowest BCUT2D eigenvalue weighted by atomic mass is 9.87. The first kappa shape index (κ1) is 14.0. The fraction of sp³-hybridized carbons (Fsp3) is 0.130. The molecule has 23 heavy (non-hydrogen) atoms. The zero-order valence-electron chi connectivity index (χ0n) is 13.9. The van der Waals surface area contributed by atoms with Gasteiger partial charge in [0.1, 0.15) is 0 Å². The van der Waals surface area contributed by atoms with Crippen molar-refractivity contribution < 1.29 is 0 Å². The molecule has 0 unspecified atom stereocenters. The fourth-order valence-electron chi connectivity index (χ4n) is 3.70. The molecule has 4 aromatic carbocycles. The summed E-state index contributed by atoms with van der Waals surface area (Å²) < 4.78 is 0. The van der Waals surface area contributed by atoms with E-state index in [1.807, 2.05) is 0 Å². The van der Waals surface area contributed by atoms with Gasteiger partial charge in [-0.25, -0.2) is 0 Å². The topological polar surface area (TPSA) is 0 Å². The molecule has 0 spiro atoms. The largest absolute Gasteiger partial charge is 0.0616 e. The van der Waals surface area contributed by atoms with Crippen LogP contribution in [0.1, 0.15) is 16.7 Å². The summed E-state index contributed by atoms with van der Waals surface area (Å²) >= 11 is 0. The van der Waals surface area contributed by atoms with E-state index in [0.29, 0.717) is 0 Å². The zero-order chi connectivity index (χ0) is 16.0. The number of hydrogen-bond donors (Lipinski definition) is 0. The van der Waals surface area contributed by atoms with Gasteiger partial charge in [-0.3, -0.25) is 0 Å². The van der Waals surface area contributed by atoms with Crippen molar-refractivity contribution in [2.75, 3.05) is 0 Å². The summed E-state index contributed by atoms with van der Waals surface area (Å²) in [5.41, 5.74) is 6.77. The van der Waals surface area contributed by atoms with Gasteiger partial charge in [0.2, 0.25) is 0 Å². The lowest BCUT2D eigenvalue weighted by Gasteiger charge is -2.16. The predicted molar refractivity (Wildman–Crippen MR) is 101 cm³/mol. The smallest absolute Gasteiger partial charge is 0.00731 e. The molecule has 0 aliphatic heterocycles. The first-order chi connectivity index (χ1) is 11.2. The van der Waals surface area contributed by atoms with Crippen molar-refractivity contribution in [2.24, 2.45) is 0 Å². The Bertz CT molecular complexity index is 1040. The van der Waals surface area contributed by atoms with Gasteiger partial charge >= 0.3 is 0 Å². The Hall–Kier alpha value is -2.60. The Morgan fingerprint density at radius 3 is 2.00 bits per heavy atom. The van der Waals surface area contributed by atoms with Crippen LogP contribution < -0.4 is 0 Å². The van der Waals surface area contributed by atoms with Crippen LogP contribution in [0.25, 0.3) is 32.7 Å². The SMILES string of the molecule is Cc1ccc2ccccc2c1-c1cc(C)c2ccccc2c1C. The maximum Gasteiger partial charge on any atom is -0.00731 e. The molecule has 0 heteroatoms. The van der Waals surface area contributed by atoms with Crippen LogP contribution >= 0.6 is 0 Å². The van der Waals surface area contributed by atoms with Crippen molar-refractivity contribution >= 4 is 21.5 Å². The van der Waals surface area contributed by atoms with Gasteiger partial charge in [-0.15, -0.1) is 0 Å². The molecule has 0 radical (unpaired) electrons. The normalized spacial score (nSPS) is 11.3. The van der Waals surface area contributed by atoms with E-state index in [9.17, 15) is 0 Å². The lowest BCUT2D eigenvalue weighted by Crippen LogP contribution is -1.92. The van der Waals surface area contributed by atoms with Crippen LogP contribution in [0.5, 0.6) is 0 Å². The second-order valence-electron chi connectivity index (χ2n) is 6.39. The highest BCUT2D eigenvalue weighted by atomic mass is 14.2. The summed E-state index contributed by atoms with van der Waals surface area (Å²) in [6, 6.07) is 24.2. The molecule has 0 aromatic heterocycles. The number of aryl methyl sites for hydroxylation is 3. The number of fused-ring (bicyclic) bond motifs is 2. The van der Waals surface area contributed by atoms with Crippen LogP contribution in [-0.4, -0.2) is 0 Å². The summed E-state index contributed by atoms with van der Waals surface area (Å²) in [6.45, 7) is 6.68. The van der Waals surface area contributed by atoms with Gasteiger partial charge < -0.3 is 0 Å². The van der Waals surface area contributed by atoms with Crippen LogP contribution in [-0.2, 0) is 0 Å². The molecular weight excluding hydrogens is 276 g/mol. The lowest BCUT2D eigenvalue weighted by molar-refractivity contribution is 1.42. The van der Waals surface area contributed by atoms with E-state index in [1.54, 1.807) is 0 Å². The van der Waals surface area contributed by atoms with E-state index in [4.69, 9.17) is 0 Å². The van der Waals surface area contributed by atoms with Gasteiger partial charge in [0, 0.05) is 0 Å². The van der Waals surface area contributed by atoms with E-state index in [0.717, 1.165) is 0 Å². The molecule has 0 atom stereocenters. The van der Waals surface area contributed by atoms with Crippen molar-refractivity contribution in [1.29, 1.82) is 0 Å². The molecular formula is C23H20. The number of rotatable bonds is 1. The number of hydrogen-bond acceptors (Lipinski definition) is 0. The van der Waals surface area contributed by atoms with Crippen LogP contribution in [0.4, 0.5) is 0 Å². The quantitative estimate of drug-likeness (QED) is 0.372. The molecule has 0 heterocycles. The van der Waals surface area contributed by atoms with Crippen molar-refractivity contribution in [3.8, 4) is 11.1 Å². The molecule has 0 aliphatic rings. The van der Waals surface area contributed by atoms with Gasteiger partial charge in [-0.2, -0.15) is 0 Å². The third kappa shape index (κ3) is 2.14.